The highest BCUT2D eigenvalue weighted by molar-refractivity contribution is 5.96. The van der Waals surface area contributed by atoms with Crippen LogP contribution in [0.1, 0.15) is 41.8 Å². The van der Waals surface area contributed by atoms with E-state index in [0.29, 0.717) is 23.2 Å². The number of hydrogen-bond acceptors (Lipinski definition) is 3. The lowest BCUT2D eigenvalue weighted by Crippen LogP contribution is -2.41. The zero-order valence-corrected chi connectivity index (χ0v) is 15.8. The van der Waals surface area contributed by atoms with Crippen molar-refractivity contribution >= 4 is 17.6 Å². The summed E-state index contributed by atoms with van der Waals surface area (Å²) in [6.45, 7) is 3.82. The second-order valence-electron chi connectivity index (χ2n) is 6.69. The summed E-state index contributed by atoms with van der Waals surface area (Å²) in [5.74, 6) is 10.1. The molecule has 0 spiro atoms. The number of anilines is 1. The van der Waals surface area contributed by atoms with Gasteiger partial charge in [-0.3, -0.25) is 4.79 Å². The number of nitrogen functional groups attached to an aromatic ring is 1. The molecule has 0 saturated heterocycles. The highest BCUT2D eigenvalue weighted by Gasteiger charge is 2.21. The molecule has 0 fully saturated rings. The normalized spacial score (nSPS) is 10.8. The van der Waals surface area contributed by atoms with Crippen molar-refractivity contribution in [1.29, 1.82) is 0 Å². The van der Waals surface area contributed by atoms with Crippen LogP contribution in [0.25, 0.3) is 0 Å². The first-order valence-electron chi connectivity index (χ1n) is 8.86. The van der Waals surface area contributed by atoms with E-state index in [1.54, 1.807) is 36.4 Å². The van der Waals surface area contributed by atoms with Crippen LogP contribution in [0.3, 0.4) is 0 Å². The summed E-state index contributed by atoms with van der Waals surface area (Å²) < 4.78 is 0. The maximum Gasteiger partial charge on any atom is 0.326 e. The Labute approximate surface area is 165 Å². The average Bonchev–Trinajstić information content (AvgIpc) is 2.66. The number of carbonyl (C=O) groups is 2. The van der Waals surface area contributed by atoms with E-state index in [0.717, 1.165) is 5.56 Å². The first-order valence-corrected chi connectivity index (χ1v) is 8.86. The molecule has 0 aliphatic rings. The molecule has 4 N–H and O–H groups in total. The molecule has 0 unspecified atom stereocenters. The standard InChI is InChI=1S/C23H22N2O3/c1-16(2)15-21(23(27)28)25-22(26)19-11-7-17(8-12-19)5-3-4-6-18-9-13-20(24)14-10-18/h7-14,16,21H,15,24H2,1-2H3,(H,25,26)(H,27,28)/t21-/m0/s1. The first-order chi connectivity index (χ1) is 13.3. The van der Waals surface area contributed by atoms with Gasteiger partial charge < -0.3 is 16.2 Å². The number of carboxylic acid groups (broad SMARTS) is 1. The highest BCUT2D eigenvalue weighted by atomic mass is 16.4. The van der Waals surface area contributed by atoms with Crippen LogP contribution in [-0.4, -0.2) is 23.0 Å². The van der Waals surface area contributed by atoms with Gasteiger partial charge >= 0.3 is 5.97 Å². The van der Waals surface area contributed by atoms with E-state index in [1.165, 1.54) is 0 Å². The summed E-state index contributed by atoms with van der Waals surface area (Å²) in [5, 5.41) is 11.8. The molecule has 5 nitrogen and oxygen atoms in total. The second-order valence-corrected chi connectivity index (χ2v) is 6.69. The zero-order valence-electron chi connectivity index (χ0n) is 15.8. The predicted molar refractivity (Wildman–Crippen MR) is 109 cm³/mol. The summed E-state index contributed by atoms with van der Waals surface area (Å²) in [5.41, 5.74) is 8.22. The molecular formula is C23H22N2O3. The molecule has 2 aromatic carbocycles. The van der Waals surface area contributed by atoms with Crippen LogP contribution in [0.5, 0.6) is 0 Å². The summed E-state index contributed by atoms with van der Waals surface area (Å²) in [7, 11) is 0. The largest absolute Gasteiger partial charge is 0.480 e. The van der Waals surface area contributed by atoms with E-state index < -0.39 is 17.9 Å². The quantitative estimate of drug-likeness (QED) is 0.554. The molecule has 142 valence electrons. The van der Waals surface area contributed by atoms with Gasteiger partial charge in [0, 0.05) is 22.4 Å². The third kappa shape index (κ3) is 6.55. The fourth-order valence-electron chi connectivity index (χ4n) is 2.41. The van der Waals surface area contributed by atoms with Gasteiger partial charge in [0.25, 0.3) is 5.91 Å². The summed E-state index contributed by atoms with van der Waals surface area (Å²) in [6, 6.07) is 12.9. The number of amides is 1. The van der Waals surface area contributed by atoms with Crippen molar-refractivity contribution in [2.75, 3.05) is 5.73 Å². The van der Waals surface area contributed by atoms with Crippen LogP contribution in [0.4, 0.5) is 5.69 Å². The Morgan fingerprint density at radius 1 is 0.964 bits per heavy atom. The third-order valence-corrected chi connectivity index (χ3v) is 3.84. The fraction of sp³-hybridized carbons (Fsp3) is 0.217. The van der Waals surface area contributed by atoms with Crippen LogP contribution >= 0.6 is 0 Å². The van der Waals surface area contributed by atoms with E-state index >= 15 is 0 Å². The maximum atomic E-state index is 12.3. The Bertz CT molecular complexity index is 953. The maximum absolute atomic E-state index is 12.3. The minimum absolute atomic E-state index is 0.161. The monoisotopic (exact) mass is 374 g/mol. The van der Waals surface area contributed by atoms with E-state index in [1.807, 2.05) is 26.0 Å². The van der Waals surface area contributed by atoms with Gasteiger partial charge in [0.05, 0.1) is 0 Å². The second kappa shape index (κ2) is 9.85. The summed E-state index contributed by atoms with van der Waals surface area (Å²) in [4.78, 5) is 23.5. The van der Waals surface area contributed by atoms with Crippen molar-refractivity contribution in [2.45, 2.75) is 26.3 Å². The Morgan fingerprint density at radius 3 is 1.93 bits per heavy atom. The summed E-state index contributed by atoms with van der Waals surface area (Å²) in [6.07, 6.45) is 0.372. The lowest BCUT2D eigenvalue weighted by molar-refractivity contribution is -0.139. The fourth-order valence-corrected chi connectivity index (χ4v) is 2.41. The number of aliphatic carboxylic acids is 1. The zero-order chi connectivity index (χ0) is 20.5. The van der Waals surface area contributed by atoms with Crippen molar-refractivity contribution in [2.24, 2.45) is 5.92 Å². The van der Waals surface area contributed by atoms with E-state index in [9.17, 15) is 14.7 Å². The molecule has 0 radical (unpaired) electrons. The van der Waals surface area contributed by atoms with Crippen molar-refractivity contribution in [3.63, 3.8) is 0 Å². The van der Waals surface area contributed by atoms with Crippen LogP contribution in [0, 0.1) is 29.6 Å². The minimum Gasteiger partial charge on any atom is -0.480 e. The molecule has 2 aromatic rings. The van der Waals surface area contributed by atoms with Crippen LogP contribution in [0.15, 0.2) is 48.5 Å². The smallest absolute Gasteiger partial charge is 0.326 e. The Morgan fingerprint density at radius 2 is 1.46 bits per heavy atom. The van der Waals surface area contributed by atoms with Gasteiger partial charge in [0.2, 0.25) is 0 Å². The van der Waals surface area contributed by atoms with Gasteiger partial charge in [-0.15, -0.1) is 0 Å². The molecule has 0 saturated carbocycles. The Kier molecular flexibility index (Phi) is 7.25. The van der Waals surface area contributed by atoms with Gasteiger partial charge in [-0.2, -0.15) is 0 Å². The van der Waals surface area contributed by atoms with Gasteiger partial charge in [0.15, 0.2) is 0 Å². The number of carbonyl (C=O) groups excluding carboxylic acids is 1. The Hall–Kier alpha value is -3.70. The third-order valence-electron chi connectivity index (χ3n) is 3.84. The molecule has 0 aliphatic carbocycles. The van der Waals surface area contributed by atoms with Crippen LogP contribution < -0.4 is 11.1 Å². The van der Waals surface area contributed by atoms with Gasteiger partial charge in [0.1, 0.15) is 6.04 Å². The SMILES string of the molecule is CC(C)C[C@H](NC(=O)c1ccc(C#CC#Cc2ccc(N)cc2)cc1)C(=O)O. The van der Waals surface area contributed by atoms with Crippen molar-refractivity contribution < 1.29 is 14.7 Å². The number of nitrogens with two attached hydrogens (primary N) is 1. The summed E-state index contributed by atoms with van der Waals surface area (Å²) >= 11 is 0. The topological polar surface area (TPSA) is 92.4 Å². The molecule has 0 heterocycles. The molecule has 28 heavy (non-hydrogen) atoms. The van der Waals surface area contributed by atoms with Crippen LogP contribution in [-0.2, 0) is 4.79 Å². The lowest BCUT2D eigenvalue weighted by atomic mass is 10.0. The Balaban J connectivity index is 2.01. The number of nitrogens with one attached hydrogen (secondary N) is 1. The number of hydrogen-bond donors (Lipinski definition) is 3. The molecule has 0 aromatic heterocycles. The first kappa shape index (κ1) is 20.6. The van der Waals surface area contributed by atoms with Crippen molar-refractivity contribution in [3.05, 3.63) is 65.2 Å². The van der Waals surface area contributed by atoms with Gasteiger partial charge in [-0.1, -0.05) is 25.7 Å². The lowest BCUT2D eigenvalue weighted by Gasteiger charge is -2.16. The van der Waals surface area contributed by atoms with Crippen molar-refractivity contribution in [1.82, 2.24) is 5.32 Å². The van der Waals surface area contributed by atoms with Crippen molar-refractivity contribution in [3.8, 4) is 23.7 Å². The van der Waals surface area contributed by atoms with Gasteiger partial charge in [-0.05, 0) is 72.7 Å². The minimum atomic E-state index is -1.04. The van der Waals surface area contributed by atoms with E-state index in [4.69, 9.17) is 5.73 Å². The number of benzene rings is 2. The predicted octanol–water partition coefficient (Wildman–Crippen LogP) is 2.90. The number of rotatable bonds is 5. The molecule has 5 heteroatoms. The molecule has 1 atom stereocenters. The van der Waals surface area contributed by atoms with E-state index in [2.05, 4.69) is 29.0 Å². The van der Waals surface area contributed by atoms with Crippen LogP contribution in [0.2, 0.25) is 0 Å². The van der Waals surface area contributed by atoms with Gasteiger partial charge in [-0.25, -0.2) is 4.79 Å². The average molecular weight is 374 g/mol. The highest BCUT2D eigenvalue weighted by Crippen LogP contribution is 2.08. The van der Waals surface area contributed by atoms with E-state index in [-0.39, 0.29) is 5.92 Å². The molecule has 1 amide bonds. The molecule has 2 rings (SSSR count). The molecule has 0 bridgehead atoms. The molecular weight excluding hydrogens is 352 g/mol. The molecule has 0 aliphatic heterocycles. The number of carboxylic acids is 1.